The molecular weight excluding hydrogens is 471 g/mol. The van der Waals surface area contributed by atoms with Crippen molar-refractivity contribution in [3.05, 3.63) is 83.8 Å². The summed E-state index contributed by atoms with van der Waals surface area (Å²) in [5.41, 5.74) is 1.12. The molecule has 0 saturated carbocycles. The molecule has 2 aromatic heterocycles. The van der Waals surface area contributed by atoms with E-state index < -0.39 is 42.1 Å². The molecule has 34 heavy (non-hydrogen) atoms. The Morgan fingerprint density at radius 2 is 1.50 bits per heavy atom. The predicted octanol–water partition coefficient (Wildman–Crippen LogP) is 5.88. The summed E-state index contributed by atoms with van der Waals surface area (Å²) in [6.45, 7) is -1.50. The van der Waals surface area contributed by atoms with Crippen molar-refractivity contribution in [3.8, 4) is 16.9 Å². The van der Waals surface area contributed by atoms with Crippen molar-refractivity contribution in [3.63, 3.8) is 0 Å². The summed E-state index contributed by atoms with van der Waals surface area (Å²) in [6.07, 6.45) is -3.52. The van der Waals surface area contributed by atoms with E-state index in [2.05, 4.69) is 14.9 Å². The van der Waals surface area contributed by atoms with E-state index in [0.717, 1.165) is 28.7 Å². The summed E-state index contributed by atoms with van der Waals surface area (Å²) in [4.78, 5) is 0. The summed E-state index contributed by atoms with van der Waals surface area (Å²) in [5.74, 6) is -6.94. The molecule has 4 rings (SSSR count). The highest BCUT2D eigenvalue weighted by Crippen LogP contribution is 2.30. The summed E-state index contributed by atoms with van der Waals surface area (Å²) >= 11 is 0. The maximum atomic E-state index is 14.8. The van der Waals surface area contributed by atoms with Crippen molar-refractivity contribution >= 4 is 5.65 Å². The number of alkyl halides is 5. The van der Waals surface area contributed by atoms with Gasteiger partial charge in [0.05, 0.1) is 6.61 Å². The lowest BCUT2D eigenvalue weighted by Crippen LogP contribution is -2.24. The Kier molecular flexibility index (Phi) is 6.17. The maximum Gasteiger partial charge on any atom is 0.573 e. The standard InChI is InChI=1S/C22H14F7N3O2/c23-17-7-1-13(9-18(17)24)11-33-12-21(25,26)20-31-30-19-8-4-15(10-32(19)20)14-2-5-16(6-3-14)34-22(27,28)29/h1-10H,11-12H2. The van der Waals surface area contributed by atoms with Gasteiger partial charge >= 0.3 is 12.3 Å². The smallest absolute Gasteiger partial charge is 0.406 e. The molecule has 0 spiro atoms. The van der Waals surface area contributed by atoms with Gasteiger partial charge in [-0.2, -0.15) is 8.78 Å². The molecule has 0 aliphatic carbocycles. The molecule has 2 aromatic carbocycles. The first-order valence-electron chi connectivity index (χ1n) is 9.63. The number of benzene rings is 2. The Hall–Kier alpha value is -3.67. The second-order valence-corrected chi connectivity index (χ2v) is 7.19. The van der Waals surface area contributed by atoms with Crippen LogP contribution in [0.3, 0.4) is 0 Å². The van der Waals surface area contributed by atoms with Crippen LogP contribution < -0.4 is 4.74 Å². The molecular formula is C22H14F7N3O2. The fraction of sp³-hybridized carbons (Fsp3) is 0.182. The maximum absolute atomic E-state index is 14.8. The van der Waals surface area contributed by atoms with Crippen molar-refractivity contribution in [2.75, 3.05) is 6.61 Å². The van der Waals surface area contributed by atoms with E-state index in [1.54, 1.807) is 6.07 Å². The lowest BCUT2D eigenvalue weighted by molar-refractivity contribution is -0.274. The van der Waals surface area contributed by atoms with Crippen molar-refractivity contribution in [1.82, 2.24) is 14.6 Å². The van der Waals surface area contributed by atoms with Gasteiger partial charge in [0.25, 0.3) is 0 Å². The van der Waals surface area contributed by atoms with Gasteiger partial charge in [0.2, 0.25) is 5.82 Å². The SMILES string of the molecule is Fc1ccc(COCC(F)(F)c2nnc3ccc(-c4ccc(OC(F)(F)F)cc4)cn23)cc1F. The Bertz CT molecular complexity index is 1300. The van der Waals surface area contributed by atoms with E-state index in [0.29, 0.717) is 11.1 Å². The van der Waals surface area contributed by atoms with E-state index in [1.165, 1.54) is 30.5 Å². The minimum Gasteiger partial charge on any atom is -0.406 e. The van der Waals surface area contributed by atoms with E-state index in [-0.39, 0.29) is 17.8 Å². The van der Waals surface area contributed by atoms with Gasteiger partial charge in [-0.05, 0) is 53.1 Å². The zero-order valence-electron chi connectivity index (χ0n) is 17.0. The highest BCUT2D eigenvalue weighted by molar-refractivity contribution is 5.65. The topological polar surface area (TPSA) is 48.7 Å². The van der Waals surface area contributed by atoms with Crippen LogP contribution in [0.4, 0.5) is 30.7 Å². The van der Waals surface area contributed by atoms with E-state index in [4.69, 9.17) is 4.74 Å². The summed E-state index contributed by atoms with van der Waals surface area (Å²) < 4.78 is 103. The van der Waals surface area contributed by atoms with Crippen LogP contribution in [-0.4, -0.2) is 27.6 Å². The molecule has 0 N–H and O–H groups in total. The fourth-order valence-corrected chi connectivity index (χ4v) is 3.15. The second kappa shape index (κ2) is 8.93. The van der Waals surface area contributed by atoms with Crippen LogP contribution in [0.1, 0.15) is 11.4 Å². The van der Waals surface area contributed by atoms with Crippen LogP contribution in [0, 0.1) is 11.6 Å². The fourth-order valence-electron chi connectivity index (χ4n) is 3.15. The van der Waals surface area contributed by atoms with Crippen LogP contribution in [0.25, 0.3) is 16.8 Å². The van der Waals surface area contributed by atoms with Crippen molar-refractivity contribution < 1.29 is 40.2 Å². The quantitative estimate of drug-likeness (QED) is 0.307. The number of ether oxygens (including phenoxy) is 2. The first kappa shape index (κ1) is 23.5. The van der Waals surface area contributed by atoms with Crippen LogP contribution in [0.2, 0.25) is 0 Å². The van der Waals surface area contributed by atoms with Crippen LogP contribution >= 0.6 is 0 Å². The number of nitrogens with zero attached hydrogens (tertiary/aromatic N) is 3. The van der Waals surface area contributed by atoms with Gasteiger partial charge in [0.15, 0.2) is 17.3 Å². The molecule has 4 aromatic rings. The highest BCUT2D eigenvalue weighted by atomic mass is 19.4. The van der Waals surface area contributed by atoms with Crippen LogP contribution in [-0.2, 0) is 17.3 Å². The molecule has 0 saturated heterocycles. The lowest BCUT2D eigenvalue weighted by Gasteiger charge is -2.15. The number of hydrogen-bond donors (Lipinski definition) is 0. The van der Waals surface area contributed by atoms with Crippen LogP contribution in [0.15, 0.2) is 60.8 Å². The molecule has 0 radical (unpaired) electrons. The Balaban J connectivity index is 1.52. The molecule has 5 nitrogen and oxygen atoms in total. The molecule has 0 bridgehead atoms. The monoisotopic (exact) mass is 485 g/mol. The van der Waals surface area contributed by atoms with Gasteiger partial charge in [0.1, 0.15) is 12.4 Å². The minimum atomic E-state index is -4.84. The zero-order chi connectivity index (χ0) is 24.5. The van der Waals surface area contributed by atoms with Gasteiger partial charge in [0, 0.05) is 6.20 Å². The third-order valence-corrected chi connectivity index (χ3v) is 4.69. The highest BCUT2D eigenvalue weighted by Gasteiger charge is 2.38. The Morgan fingerprint density at radius 1 is 0.794 bits per heavy atom. The number of rotatable bonds is 7. The van der Waals surface area contributed by atoms with Gasteiger partial charge in [-0.3, -0.25) is 4.40 Å². The third kappa shape index (κ3) is 5.28. The molecule has 0 amide bonds. The molecule has 0 fully saturated rings. The summed E-state index contributed by atoms with van der Waals surface area (Å²) in [7, 11) is 0. The average molecular weight is 485 g/mol. The lowest BCUT2D eigenvalue weighted by atomic mass is 10.1. The first-order valence-corrected chi connectivity index (χ1v) is 9.63. The number of hydrogen-bond acceptors (Lipinski definition) is 4. The zero-order valence-corrected chi connectivity index (χ0v) is 17.0. The Labute approximate surface area is 187 Å². The molecule has 12 heteroatoms. The number of fused-ring (bicyclic) bond motifs is 1. The first-order chi connectivity index (χ1) is 16.0. The summed E-state index contributed by atoms with van der Waals surface area (Å²) in [5, 5.41) is 7.24. The molecule has 0 aliphatic rings. The van der Waals surface area contributed by atoms with Gasteiger partial charge in [-0.25, -0.2) is 8.78 Å². The number of aromatic nitrogens is 3. The second-order valence-electron chi connectivity index (χ2n) is 7.19. The van der Waals surface area contributed by atoms with E-state index >= 15 is 0 Å². The van der Waals surface area contributed by atoms with Crippen molar-refractivity contribution in [2.24, 2.45) is 0 Å². The minimum absolute atomic E-state index is 0.107. The molecule has 0 unspecified atom stereocenters. The molecule has 2 heterocycles. The number of halogens is 7. The largest absolute Gasteiger partial charge is 0.573 e. The molecule has 178 valence electrons. The molecule has 0 atom stereocenters. The van der Waals surface area contributed by atoms with Crippen molar-refractivity contribution in [1.29, 1.82) is 0 Å². The van der Waals surface area contributed by atoms with Crippen molar-refractivity contribution in [2.45, 2.75) is 18.9 Å². The van der Waals surface area contributed by atoms with Gasteiger partial charge in [-0.1, -0.05) is 18.2 Å². The molecule has 0 aliphatic heterocycles. The van der Waals surface area contributed by atoms with Gasteiger partial charge in [-0.15, -0.1) is 23.4 Å². The number of pyridine rings is 1. The van der Waals surface area contributed by atoms with Gasteiger partial charge < -0.3 is 9.47 Å². The van der Waals surface area contributed by atoms with E-state index in [9.17, 15) is 30.7 Å². The summed E-state index contributed by atoms with van der Waals surface area (Å²) in [6, 6.07) is 10.8. The average Bonchev–Trinajstić information content (AvgIpc) is 3.20. The third-order valence-electron chi connectivity index (χ3n) is 4.69. The van der Waals surface area contributed by atoms with E-state index in [1.807, 2.05) is 0 Å². The predicted molar refractivity (Wildman–Crippen MR) is 105 cm³/mol. The Morgan fingerprint density at radius 3 is 2.18 bits per heavy atom. The normalized spacial score (nSPS) is 12.3. The van der Waals surface area contributed by atoms with Crippen LogP contribution in [0.5, 0.6) is 5.75 Å².